The number of halogens is 1. The summed E-state index contributed by atoms with van der Waals surface area (Å²) in [6.45, 7) is 2.67. The summed E-state index contributed by atoms with van der Waals surface area (Å²) in [5, 5.41) is 9.40. The van der Waals surface area contributed by atoms with Crippen LogP contribution in [0.15, 0.2) is 36.7 Å². The van der Waals surface area contributed by atoms with Crippen molar-refractivity contribution < 1.29 is 4.79 Å². The highest BCUT2D eigenvalue weighted by molar-refractivity contribution is 6.30. The van der Waals surface area contributed by atoms with E-state index in [1.54, 1.807) is 12.3 Å². The minimum Gasteiger partial charge on any atom is -0.352 e. The van der Waals surface area contributed by atoms with Gasteiger partial charge in [-0.25, -0.2) is 9.97 Å². The van der Waals surface area contributed by atoms with Gasteiger partial charge >= 0.3 is 0 Å². The number of piperazine rings is 1. The maximum Gasteiger partial charge on any atom is 0.227 e. The molecular formula is C17H16ClN5O. The highest BCUT2D eigenvalue weighted by Crippen LogP contribution is 2.15. The summed E-state index contributed by atoms with van der Waals surface area (Å²) < 4.78 is 0. The first-order chi connectivity index (χ1) is 11.7. The SMILES string of the molecule is N#Cc1cnc(N2CCN(C(=O)Cc3cccc(Cl)c3)CC2)cn1. The summed E-state index contributed by atoms with van der Waals surface area (Å²) in [6.07, 6.45) is 3.42. The summed E-state index contributed by atoms with van der Waals surface area (Å²) in [4.78, 5) is 24.6. The third-order valence-corrected chi connectivity index (χ3v) is 4.19. The van der Waals surface area contributed by atoms with Crippen molar-refractivity contribution in [3.05, 3.63) is 52.9 Å². The van der Waals surface area contributed by atoms with E-state index in [2.05, 4.69) is 14.9 Å². The number of carbonyl (C=O) groups is 1. The molecule has 1 aliphatic heterocycles. The van der Waals surface area contributed by atoms with Crippen molar-refractivity contribution in [3.8, 4) is 6.07 Å². The lowest BCUT2D eigenvalue weighted by molar-refractivity contribution is -0.130. The van der Waals surface area contributed by atoms with Gasteiger partial charge in [-0.2, -0.15) is 5.26 Å². The third kappa shape index (κ3) is 3.81. The number of nitriles is 1. The molecule has 0 radical (unpaired) electrons. The molecule has 0 spiro atoms. The molecule has 1 aromatic heterocycles. The van der Waals surface area contributed by atoms with Crippen LogP contribution < -0.4 is 4.90 Å². The second-order valence-electron chi connectivity index (χ2n) is 5.55. The Bertz CT molecular complexity index is 763. The van der Waals surface area contributed by atoms with E-state index in [4.69, 9.17) is 16.9 Å². The quantitative estimate of drug-likeness (QED) is 0.852. The molecule has 122 valence electrons. The number of hydrogen-bond donors (Lipinski definition) is 0. The topological polar surface area (TPSA) is 73.1 Å². The summed E-state index contributed by atoms with van der Waals surface area (Å²) in [5.74, 6) is 0.832. The lowest BCUT2D eigenvalue weighted by Gasteiger charge is -2.35. The predicted molar refractivity (Wildman–Crippen MR) is 90.7 cm³/mol. The number of carbonyl (C=O) groups excluding carboxylic acids is 1. The molecule has 0 saturated carbocycles. The smallest absolute Gasteiger partial charge is 0.227 e. The number of benzene rings is 1. The van der Waals surface area contributed by atoms with E-state index in [0.717, 1.165) is 11.4 Å². The fraction of sp³-hybridized carbons (Fsp3) is 0.294. The van der Waals surface area contributed by atoms with E-state index in [-0.39, 0.29) is 5.91 Å². The molecule has 1 fully saturated rings. The fourth-order valence-electron chi connectivity index (χ4n) is 2.66. The number of hydrogen-bond acceptors (Lipinski definition) is 5. The fourth-order valence-corrected chi connectivity index (χ4v) is 2.87. The van der Waals surface area contributed by atoms with Crippen molar-refractivity contribution in [1.82, 2.24) is 14.9 Å². The van der Waals surface area contributed by atoms with E-state index in [0.29, 0.717) is 43.3 Å². The molecule has 3 rings (SSSR count). The lowest BCUT2D eigenvalue weighted by Crippen LogP contribution is -2.49. The zero-order chi connectivity index (χ0) is 16.9. The maximum atomic E-state index is 12.4. The molecule has 0 N–H and O–H groups in total. The zero-order valence-corrected chi connectivity index (χ0v) is 13.8. The molecule has 24 heavy (non-hydrogen) atoms. The number of amides is 1. The van der Waals surface area contributed by atoms with Crippen LogP contribution >= 0.6 is 11.6 Å². The van der Waals surface area contributed by atoms with E-state index in [9.17, 15) is 4.79 Å². The average molecular weight is 342 g/mol. The predicted octanol–water partition coefficient (Wildman–Crippen LogP) is 1.89. The molecule has 0 aliphatic carbocycles. The van der Waals surface area contributed by atoms with Crippen molar-refractivity contribution in [2.45, 2.75) is 6.42 Å². The van der Waals surface area contributed by atoms with Crippen molar-refractivity contribution in [2.24, 2.45) is 0 Å². The molecule has 0 atom stereocenters. The molecule has 1 aliphatic rings. The Kier molecular flexibility index (Phi) is 4.92. The van der Waals surface area contributed by atoms with Gasteiger partial charge in [0.2, 0.25) is 5.91 Å². The molecular weight excluding hydrogens is 326 g/mol. The second kappa shape index (κ2) is 7.28. The van der Waals surface area contributed by atoms with Gasteiger partial charge in [0, 0.05) is 31.2 Å². The van der Waals surface area contributed by atoms with Crippen molar-refractivity contribution in [3.63, 3.8) is 0 Å². The summed E-state index contributed by atoms with van der Waals surface area (Å²) in [5.41, 5.74) is 1.22. The number of nitrogens with zero attached hydrogens (tertiary/aromatic N) is 5. The summed E-state index contributed by atoms with van der Waals surface area (Å²) in [7, 11) is 0. The van der Waals surface area contributed by atoms with Gasteiger partial charge in [-0.1, -0.05) is 23.7 Å². The molecule has 1 saturated heterocycles. The maximum absolute atomic E-state index is 12.4. The Morgan fingerprint density at radius 2 is 2.00 bits per heavy atom. The Morgan fingerprint density at radius 3 is 2.62 bits per heavy atom. The van der Waals surface area contributed by atoms with Crippen LogP contribution in [0.4, 0.5) is 5.82 Å². The number of rotatable bonds is 3. The van der Waals surface area contributed by atoms with Gasteiger partial charge in [0.1, 0.15) is 11.9 Å². The van der Waals surface area contributed by atoms with Crippen LogP contribution in [-0.4, -0.2) is 47.0 Å². The van der Waals surface area contributed by atoms with E-state index >= 15 is 0 Å². The van der Waals surface area contributed by atoms with E-state index < -0.39 is 0 Å². The van der Waals surface area contributed by atoms with Gasteiger partial charge in [-0.05, 0) is 17.7 Å². The van der Waals surface area contributed by atoms with E-state index in [1.807, 2.05) is 29.2 Å². The molecule has 7 heteroatoms. The summed E-state index contributed by atoms with van der Waals surface area (Å²) >= 11 is 5.96. The molecule has 1 aromatic carbocycles. The minimum absolute atomic E-state index is 0.0998. The van der Waals surface area contributed by atoms with Crippen LogP contribution in [0.1, 0.15) is 11.3 Å². The van der Waals surface area contributed by atoms with Gasteiger partial charge in [-0.15, -0.1) is 0 Å². The van der Waals surface area contributed by atoms with Crippen molar-refractivity contribution >= 4 is 23.3 Å². The average Bonchev–Trinajstić information content (AvgIpc) is 2.62. The van der Waals surface area contributed by atoms with Gasteiger partial charge < -0.3 is 9.80 Å². The number of anilines is 1. The third-order valence-electron chi connectivity index (χ3n) is 3.95. The molecule has 2 aromatic rings. The monoisotopic (exact) mass is 341 g/mol. The standard InChI is InChI=1S/C17H16ClN5O/c18-14-3-1-2-13(8-14)9-17(24)23-6-4-22(5-7-23)16-12-20-15(10-19)11-21-16/h1-3,8,11-12H,4-7,9H2. The largest absolute Gasteiger partial charge is 0.352 e. The zero-order valence-electron chi connectivity index (χ0n) is 13.0. The van der Waals surface area contributed by atoms with Crippen LogP contribution in [0.3, 0.4) is 0 Å². The Hall–Kier alpha value is -2.65. The highest BCUT2D eigenvalue weighted by Gasteiger charge is 2.22. The molecule has 1 amide bonds. The number of aromatic nitrogens is 2. The van der Waals surface area contributed by atoms with Crippen LogP contribution in [0.25, 0.3) is 0 Å². The highest BCUT2D eigenvalue weighted by atomic mass is 35.5. The molecule has 6 nitrogen and oxygen atoms in total. The second-order valence-corrected chi connectivity index (χ2v) is 5.98. The minimum atomic E-state index is 0.0998. The van der Waals surface area contributed by atoms with Crippen LogP contribution in [-0.2, 0) is 11.2 Å². The first-order valence-corrected chi connectivity index (χ1v) is 8.03. The molecule has 2 heterocycles. The Labute approximate surface area is 145 Å². The molecule has 0 bridgehead atoms. The van der Waals surface area contributed by atoms with Crippen LogP contribution in [0, 0.1) is 11.3 Å². The van der Waals surface area contributed by atoms with Gasteiger partial charge in [0.25, 0.3) is 0 Å². The van der Waals surface area contributed by atoms with Gasteiger partial charge in [0.05, 0.1) is 18.8 Å². The van der Waals surface area contributed by atoms with Crippen LogP contribution in [0.5, 0.6) is 0 Å². The van der Waals surface area contributed by atoms with Crippen molar-refractivity contribution in [2.75, 3.05) is 31.1 Å². The Balaban J connectivity index is 1.56. The molecule has 0 unspecified atom stereocenters. The first kappa shape index (κ1) is 16.2. The lowest BCUT2D eigenvalue weighted by atomic mass is 10.1. The van der Waals surface area contributed by atoms with Crippen molar-refractivity contribution in [1.29, 1.82) is 5.26 Å². The first-order valence-electron chi connectivity index (χ1n) is 7.65. The van der Waals surface area contributed by atoms with Gasteiger partial charge in [-0.3, -0.25) is 4.79 Å². The summed E-state index contributed by atoms with van der Waals surface area (Å²) in [6, 6.07) is 9.33. The van der Waals surface area contributed by atoms with Crippen LogP contribution in [0.2, 0.25) is 5.02 Å². The van der Waals surface area contributed by atoms with Gasteiger partial charge in [0.15, 0.2) is 5.69 Å². The normalized spacial score (nSPS) is 14.3. The van der Waals surface area contributed by atoms with E-state index in [1.165, 1.54) is 6.20 Å². The Morgan fingerprint density at radius 1 is 1.21 bits per heavy atom.